The predicted octanol–water partition coefficient (Wildman–Crippen LogP) is 7.71. The molecule has 73 heavy (non-hydrogen) atoms. The molecule has 4 N–H and O–H groups in total. The number of carbonyl (C=O) groups excluding carboxylic acids is 6. The summed E-state index contributed by atoms with van der Waals surface area (Å²) in [6, 6.07) is 14.6. The van der Waals surface area contributed by atoms with Crippen molar-refractivity contribution in [1.82, 2.24) is 45.5 Å². The van der Waals surface area contributed by atoms with E-state index in [2.05, 4.69) is 43.0 Å². The Hall–Kier alpha value is -6.34. The molecule has 4 aliphatic heterocycles. The second kappa shape index (κ2) is 23.7. The number of carbonyl (C=O) groups is 6. The third-order valence-corrected chi connectivity index (χ3v) is 15.0. The molecule has 0 radical (unpaired) electrons. The molecule has 2 aromatic heterocycles. The van der Waals surface area contributed by atoms with E-state index in [9.17, 15) is 28.8 Å². The fourth-order valence-electron chi connectivity index (χ4n) is 10.1. The molecule has 0 spiro atoms. The highest BCUT2D eigenvalue weighted by Crippen LogP contribution is 2.32. The van der Waals surface area contributed by atoms with Crippen LogP contribution < -0.4 is 26.2 Å². The lowest BCUT2D eigenvalue weighted by Crippen LogP contribution is -2.54. The largest absolute Gasteiger partial charge is 0.444 e. The summed E-state index contributed by atoms with van der Waals surface area (Å²) < 4.78 is 7.36. The number of aromatic nitrogens is 4. The molecule has 3 fully saturated rings. The summed E-state index contributed by atoms with van der Waals surface area (Å²) in [5.74, 6) is -0.355. The summed E-state index contributed by atoms with van der Waals surface area (Å²) in [5.41, 5.74) is 3.41. The maximum absolute atomic E-state index is 13.5. The first-order valence-corrected chi connectivity index (χ1v) is 26.8. The zero-order chi connectivity index (χ0) is 51.7. The first-order chi connectivity index (χ1) is 35.0. The summed E-state index contributed by atoms with van der Waals surface area (Å²) in [6.07, 6.45) is 13.9. The minimum Gasteiger partial charge on any atom is -0.444 e. The molecule has 1 atom stereocenters. The van der Waals surface area contributed by atoms with E-state index in [1.54, 1.807) is 18.5 Å². The molecule has 3 saturated heterocycles. The molecular formula is C54H71N11O7S. The van der Waals surface area contributed by atoms with Crippen molar-refractivity contribution in [2.45, 2.75) is 164 Å². The zero-order valence-corrected chi connectivity index (χ0v) is 43.8. The van der Waals surface area contributed by atoms with Crippen LogP contribution in [0.2, 0.25) is 0 Å². The first-order valence-electron chi connectivity index (χ1n) is 26.0. The van der Waals surface area contributed by atoms with Gasteiger partial charge in [-0.2, -0.15) is 5.10 Å². The lowest BCUT2D eigenvalue weighted by atomic mass is 9.90. The maximum Gasteiger partial charge on any atom is 0.408 e. The molecule has 390 valence electrons. The van der Waals surface area contributed by atoms with Crippen LogP contribution >= 0.6 is 11.8 Å². The topological polar surface area (TPSA) is 213 Å². The monoisotopic (exact) mass is 1020 g/mol. The number of anilines is 2. The van der Waals surface area contributed by atoms with Crippen molar-refractivity contribution in [3.05, 3.63) is 89.0 Å². The van der Waals surface area contributed by atoms with Crippen LogP contribution in [0.1, 0.15) is 155 Å². The molecule has 4 aromatic rings. The SMILES string of the molecule is Cc1cc(C(=O)NCc2ccc3c(c2)CN(C2CCC(=O)NC2=O)C3=O)n(C2CCN(CCCCCCCCC(=O)Nc3cccc(Sc4cnc(N5CCC(C)(NC(=O)OC(C)(C)C)CC5)cn4)c3)CC2)n1. The minimum atomic E-state index is -0.671. The summed E-state index contributed by atoms with van der Waals surface area (Å²) in [4.78, 5) is 92.5. The molecule has 6 heterocycles. The van der Waals surface area contributed by atoms with E-state index >= 15 is 0 Å². The van der Waals surface area contributed by atoms with Gasteiger partial charge >= 0.3 is 6.09 Å². The summed E-state index contributed by atoms with van der Waals surface area (Å²) >= 11 is 1.50. The van der Waals surface area contributed by atoms with E-state index in [1.165, 1.54) is 16.7 Å². The first kappa shape index (κ1) is 53.0. The van der Waals surface area contributed by atoms with Crippen molar-refractivity contribution in [1.29, 1.82) is 0 Å². The van der Waals surface area contributed by atoms with Crippen molar-refractivity contribution in [2.75, 3.05) is 42.9 Å². The van der Waals surface area contributed by atoms with Gasteiger partial charge in [0, 0.05) is 73.8 Å². The van der Waals surface area contributed by atoms with E-state index in [4.69, 9.17) is 14.8 Å². The molecule has 0 saturated carbocycles. The lowest BCUT2D eigenvalue weighted by molar-refractivity contribution is -0.137. The van der Waals surface area contributed by atoms with Crippen LogP contribution in [0.3, 0.4) is 0 Å². The average Bonchev–Trinajstić information content (AvgIpc) is 3.90. The van der Waals surface area contributed by atoms with E-state index in [1.807, 2.05) is 74.8 Å². The Morgan fingerprint density at radius 3 is 2.37 bits per heavy atom. The highest BCUT2D eigenvalue weighted by atomic mass is 32.2. The minimum absolute atomic E-state index is 0.0176. The van der Waals surface area contributed by atoms with Crippen molar-refractivity contribution in [3.8, 4) is 0 Å². The second-order valence-corrected chi connectivity index (χ2v) is 22.3. The average molecular weight is 1020 g/mol. The van der Waals surface area contributed by atoms with Gasteiger partial charge in [-0.3, -0.25) is 34.0 Å². The Morgan fingerprint density at radius 1 is 0.890 bits per heavy atom. The normalized spacial score (nSPS) is 18.3. The molecule has 6 amide bonds. The third-order valence-electron chi connectivity index (χ3n) is 14.1. The van der Waals surface area contributed by atoms with Gasteiger partial charge in [-0.1, -0.05) is 55.6 Å². The number of imide groups is 1. The number of hydrogen-bond donors (Lipinski definition) is 4. The number of alkyl carbamates (subject to hydrolysis) is 1. The molecule has 1 unspecified atom stereocenters. The zero-order valence-electron chi connectivity index (χ0n) is 43.0. The number of amides is 6. The number of nitrogens with one attached hydrogen (secondary N) is 4. The number of ether oxygens (including phenoxy) is 1. The number of nitrogens with zero attached hydrogens (tertiary/aromatic N) is 7. The molecule has 18 nitrogen and oxygen atoms in total. The predicted molar refractivity (Wildman–Crippen MR) is 278 cm³/mol. The molecule has 0 bridgehead atoms. The van der Waals surface area contributed by atoms with E-state index in [0.717, 1.165) is 135 Å². The molecule has 8 rings (SSSR count). The van der Waals surface area contributed by atoms with Crippen LogP contribution in [0.4, 0.5) is 16.3 Å². The maximum atomic E-state index is 13.5. The summed E-state index contributed by atoms with van der Waals surface area (Å²) in [7, 11) is 0. The standard InChI is InChI=1S/C54H71N11O7S/c1-36-29-44(49(68)57-32-37-16-17-42-38(30-37)35-64(51(42)70)43-18-19-47(67)59-50(43)69)65(61-36)40-20-25-62(26-21-40)24-11-9-7-6-8-10-15-46(66)58-39-13-12-14-41(31-39)73-48-34-55-45(33-56-48)63-27-22-54(5,23-28-63)60-52(71)72-53(2,3)4/h12-14,16-17,29-31,33-34,40,43H,6-11,15,18-28,32,35H2,1-5H3,(H,57,68)(H,58,66)(H,60,71)(H,59,67,69). The third kappa shape index (κ3) is 14.5. The second-order valence-electron chi connectivity index (χ2n) is 21.2. The quantitative estimate of drug-likeness (QED) is 0.0524. The van der Waals surface area contributed by atoms with Gasteiger partial charge in [-0.25, -0.2) is 14.8 Å². The van der Waals surface area contributed by atoms with Gasteiger partial charge in [0.1, 0.15) is 28.2 Å². The number of benzene rings is 2. The van der Waals surface area contributed by atoms with E-state index in [0.29, 0.717) is 24.1 Å². The van der Waals surface area contributed by atoms with Crippen molar-refractivity contribution in [3.63, 3.8) is 0 Å². The number of unbranched alkanes of at least 4 members (excludes halogenated alkanes) is 5. The Kier molecular flexibility index (Phi) is 17.2. The summed E-state index contributed by atoms with van der Waals surface area (Å²) in [6.45, 7) is 14.5. The van der Waals surface area contributed by atoms with Crippen LogP contribution in [-0.4, -0.2) is 115 Å². The number of rotatable bonds is 19. The Labute approximate surface area is 432 Å². The van der Waals surface area contributed by atoms with Gasteiger partial charge in [0.15, 0.2) is 0 Å². The Bertz CT molecular complexity index is 2630. The van der Waals surface area contributed by atoms with Gasteiger partial charge in [-0.05, 0) is 128 Å². The number of hydrogen-bond acceptors (Lipinski definition) is 13. The van der Waals surface area contributed by atoms with Gasteiger partial charge in [0.25, 0.3) is 11.8 Å². The smallest absolute Gasteiger partial charge is 0.408 e. The fraction of sp³-hybridized carbons (Fsp3) is 0.537. The molecule has 0 aliphatic carbocycles. The van der Waals surface area contributed by atoms with Crippen molar-refractivity contribution < 1.29 is 33.5 Å². The molecule has 4 aliphatic rings. The van der Waals surface area contributed by atoms with Crippen molar-refractivity contribution >= 4 is 58.9 Å². The van der Waals surface area contributed by atoms with Crippen LogP contribution in [0.25, 0.3) is 0 Å². The highest BCUT2D eigenvalue weighted by molar-refractivity contribution is 7.99. The van der Waals surface area contributed by atoms with E-state index in [-0.39, 0.29) is 54.7 Å². The van der Waals surface area contributed by atoms with Gasteiger partial charge in [-0.15, -0.1) is 0 Å². The number of piperidine rings is 3. The number of aryl methyl sites for hydroxylation is 1. The van der Waals surface area contributed by atoms with Crippen LogP contribution in [0.5, 0.6) is 0 Å². The molecular weight excluding hydrogens is 947 g/mol. The lowest BCUT2D eigenvalue weighted by Gasteiger charge is -2.40. The summed E-state index contributed by atoms with van der Waals surface area (Å²) in [5, 5.41) is 17.0. The number of fused-ring (bicyclic) bond motifs is 1. The van der Waals surface area contributed by atoms with Crippen molar-refractivity contribution in [2.24, 2.45) is 0 Å². The molecule has 2 aromatic carbocycles. The van der Waals surface area contributed by atoms with E-state index < -0.39 is 23.6 Å². The van der Waals surface area contributed by atoms with Crippen LogP contribution in [0, 0.1) is 6.92 Å². The highest BCUT2D eigenvalue weighted by Gasteiger charge is 2.39. The van der Waals surface area contributed by atoms with Gasteiger partial charge < -0.3 is 35.4 Å². The molecule has 19 heteroatoms. The van der Waals surface area contributed by atoms with Gasteiger partial charge in [0.2, 0.25) is 17.7 Å². The fourth-order valence-corrected chi connectivity index (χ4v) is 10.9. The Morgan fingerprint density at radius 2 is 1.64 bits per heavy atom. The number of likely N-dealkylation sites (tertiary alicyclic amines) is 1. The van der Waals surface area contributed by atoms with Crippen LogP contribution in [0.15, 0.2) is 70.8 Å². The van der Waals surface area contributed by atoms with Gasteiger partial charge in [0.05, 0.1) is 24.1 Å². The Balaban J connectivity index is 0.675. The van der Waals surface area contributed by atoms with Crippen LogP contribution in [-0.2, 0) is 32.2 Å².